The molecule has 2 N–H and O–H groups in total. The van der Waals surface area contributed by atoms with E-state index in [-0.39, 0.29) is 30.5 Å². The van der Waals surface area contributed by atoms with Gasteiger partial charge in [-0.25, -0.2) is 0 Å². The molecule has 1 saturated heterocycles. The zero-order valence-electron chi connectivity index (χ0n) is 13.6. The normalized spacial score (nSPS) is 18.1. The Balaban J connectivity index is 0.00000220. The molecule has 1 aromatic rings. The van der Waals surface area contributed by atoms with Crippen LogP contribution in [0.2, 0.25) is 0 Å². The van der Waals surface area contributed by atoms with Gasteiger partial charge in [0, 0.05) is 44.2 Å². The fourth-order valence-electron chi connectivity index (χ4n) is 3.21. The number of hydrogen-bond acceptors (Lipinski definition) is 3. The third-order valence-electron chi connectivity index (χ3n) is 4.61. The summed E-state index contributed by atoms with van der Waals surface area (Å²) in [6.07, 6.45) is 0. The molecule has 0 aromatic heterocycles. The van der Waals surface area contributed by atoms with Crippen molar-refractivity contribution in [3.63, 3.8) is 0 Å². The van der Waals surface area contributed by atoms with Gasteiger partial charge >= 0.3 is 0 Å². The second kappa shape index (κ2) is 7.59. The number of piperazine rings is 1. The van der Waals surface area contributed by atoms with E-state index in [2.05, 4.69) is 56.1 Å². The van der Waals surface area contributed by atoms with Crippen LogP contribution in [0.4, 0.5) is 0 Å². The number of hydrogen-bond donors (Lipinski definition) is 2. The molecule has 1 heterocycles. The highest BCUT2D eigenvalue weighted by Crippen LogP contribution is 2.40. The van der Waals surface area contributed by atoms with Crippen molar-refractivity contribution < 1.29 is 5.11 Å². The SMILES string of the molecule is Cc1cccc([C@H](N2CCNCC2)C(C)(C)CO)c1C.Cl. The molecular formula is C17H29ClN2O. The molecule has 0 aliphatic carbocycles. The van der Waals surface area contributed by atoms with Crippen molar-refractivity contribution in [2.24, 2.45) is 5.41 Å². The highest BCUT2D eigenvalue weighted by Gasteiger charge is 2.36. The molecular weight excluding hydrogens is 284 g/mol. The molecule has 21 heavy (non-hydrogen) atoms. The predicted molar refractivity (Wildman–Crippen MR) is 91.2 cm³/mol. The van der Waals surface area contributed by atoms with Crippen molar-refractivity contribution in [2.75, 3.05) is 32.8 Å². The van der Waals surface area contributed by atoms with Crippen molar-refractivity contribution >= 4 is 12.4 Å². The fourth-order valence-corrected chi connectivity index (χ4v) is 3.21. The first-order valence-corrected chi connectivity index (χ1v) is 7.59. The first kappa shape index (κ1) is 18.4. The zero-order chi connectivity index (χ0) is 14.8. The zero-order valence-corrected chi connectivity index (χ0v) is 14.5. The van der Waals surface area contributed by atoms with Crippen molar-refractivity contribution in [2.45, 2.75) is 33.7 Å². The van der Waals surface area contributed by atoms with E-state index in [9.17, 15) is 5.11 Å². The Morgan fingerprint density at radius 1 is 1.24 bits per heavy atom. The van der Waals surface area contributed by atoms with Gasteiger partial charge in [0.15, 0.2) is 0 Å². The second-order valence-electron chi connectivity index (χ2n) is 6.62. The molecule has 0 bridgehead atoms. The molecule has 120 valence electrons. The average Bonchev–Trinajstić information content (AvgIpc) is 2.45. The molecule has 0 amide bonds. The van der Waals surface area contributed by atoms with Gasteiger partial charge in [-0.15, -0.1) is 12.4 Å². The maximum atomic E-state index is 9.87. The lowest BCUT2D eigenvalue weighted by Gasteiger charge is -2.44. The minimum absolute atomic E-state index is 0. The van der Waals surface area contributed by atoms with E-state index >= 15 is 0 Å². The Bertz CT molecular complexity index is 456. The Hall–Kier alpha value is -0.610. The Morgan fingerprint density at radius 3 is 2.43 bits per heavy atom. The van der Waals surface area contributed by atoms with E-state index in [1.54, 1.807) is 0 Å². The molecule has 1 aromatic carbocycles. The number of aryl methyl sites for hydroxylation is 1. The van der Waals surface area contributed by atoms with Crippen LogP contribution in [0, 0.1) is 19.3 Å². The first-order valence-electron chi connectivity index (χ1n) is 7.59. The van der Waals surface area contributed by atoms with Gasteiger partial charge in [0.05, 0.1) is 0 Å². The van der Waals surface area contributed by atoms with Gasteiger partial charge in [0.25, 0.3) is 0 Å². The number of nitrogens with zero attached hydrogens (tertiary/aromatic N) is 1. The van der Waals surface area contributed by atoms with Crippen LogP contribution in [0.25, 0.3) is 0 Å². The summed E-state index contributed by atoms with van der Waals surface area (Å²) in [5, 5.41) is 13.3. The molecule has 1 aliphatic heterocycles. The number of aliphatic hydroxyl groups is 1. The number of aliphatic hydroxyl groups excluding tert-OH is 1. The van der Waals surface area contributed by atoms with Crippen molar-refractivity contribution in [1.29, 1.82) is 0 Å². The van der Waals surface area contributed by atoms with Gasteiger partial charge in [-0.05, 0) is 30.5 Å². The van der Waals surface area contributed by atoms with Gasteiger partial charge in [-0.2, -0.15) is 0 Å². The fraction of sp³-hybridized carbons (Fsp3) is 0.647. The van der Waals surface area contributed by atoms with Crippen molar-refractivity contribution in [3.8, 4) is 0 Å². The standard InChI is InChI=1S/C17H28N2O.ClH/c1-13-6-5-7-15(14(13)2)16(17(3,4)12-20)19-10-8-18-9-11-19;/h5-7,16,18,20H,8-12H2,1-4H3;1H/t16-;/m0./s1. The van der Waals surface area contributed by atoms with Crippen molar-refractivity contribution in [3.05, 3.63) is 34.9 Å². The average molecular weight is 313 g/mol. The van der Waals surface area contributed by atoms with Gasteiger partial charge in [0.1, 0.15) is 0 Å². The number of benzene rings is 1. The molecule has 0 saturated carbocycles. The van der Waals surface area contributed by atoms with Gasteiger partial charge < -0.3 is 10.4 Å². The number of rotatable bonds is 4. The maximum Gasteiger partial charge on any atom is 0.0500 e. The topological polar surface area (TPSA) is 35.5 Å². The molecule has 4 heteroatoms. The van der Waals surface area contributed by atoms with Gasteiger partial charge in [-0.1, -0.05) is 32.0 Å². The monoisotopic (exact) mass is 312 g/mol. The van der Waals surface area contributed by atoms with E-state index in [4.69, 9.17) is 0 Å². The highest BCUT2D eigenvalue weighted by atomic mass is 35.5. The molecule has 1 aliphatic rings. The predicted octanol–water partition coefficient (Wildman–Crippen LogP) is 2.69. The minimum Gasteiger partial charge on any atom is -0.396 e. The summed E-state index contributed by atoms with van der Waals surface area (Å²) in [6.45, 7) is 13.1. The third-order valence-corrected chi connectivity index (χ3v) is 4.61. The summed E-state index contributed by atoms with van der Waals surface area (Å²) >= 11 is 0. The summed E-state index contributed by atoms with van der Waals surface area (Å²) in [7, 11) is 0. The van der Waals surface area contributed by atoms with Gasteiger partial charge in [0.2, 0.25) is 0 Å². The van der Waals surface area contributed by atoms with Crippen LogP contribution in [0.1, 0.15) is 36.6 Å². The van der Waals surface area contributed by atoms with Crippen molar-refractivity contribution in [1.82, 2.24) is 10.2 Å². The Morgan fingerprint density at radius 2 is 1.86 bits per heavy atom. The molecule has 1 atom stereocenters. The molecule has 0 unspecified atom stereocenters. The number of halogens is 1. The van der Waals surface area contributed by atoms with Crippen LogP contribution in [0.3, 0.4) is 0 Å². The molecule has 2 rings (SSSR count). The minimum atomic E-state index is -0.143. The maximum absolute atomic E-state index is 9.87. The second-order valence-corrected chi connectivity index (χ2v) is 6.62. The quantitative estimate of drug-likeness (QED) is 0.897. The molecule has 3 nitrogen and oxygen atoms in total. The van der Waals surface area contributed by atoms with E-state index in [1.807, 2.05) is 0 Å². The molecule has 0 spiro atoms. The summed E-state index contributed by atoms with van der Waals surface area (Å²) in [6, 6.07) is 6.81. The summed E-state index contributed by atoms with van der Waals surface area (Å²) in [5.74, 6) is 0. The van der Waals surface area contributed by atoms with E-state index < -0.39 is 0 Å². The van der Waals surface area contributed by atoms with Crippen LogP contribution in [0.5, 0.6) is 0 Å². The van der Waals surface area contributed by atoms with Crippen LogP contribution >= 0.6 is 12.4 Å². The van der Waals surface area contributed by atoms with E-state index in [0.29, 0.717) is 0 Å². The lowest BCUT2D eigenvalue weighted by atomic mass is 9.78. The summed E-state index contributed by atoms with van der Waals surface area (Å²) in [4.78, 5) is 2.52. The van der Waals surface area contributed by atoms with E-state index in [1.165, 1.54) is 16.7 Å². The van der Waals surface area contributed by atoms with E-state index in [0.717, 1.165) is 26.2 Å². The first-order chi connectivity index (χ1) is 9.47. The van der Waals surface area contributed by atoms with Crippen LogP contribution in [-0.2, 0) is 0 Å². The smallest absolute Gasteiger partial charge is 0.0500 e. The lowest BCUT2D eigenvalue weighted by Crippen LogP contribution is -2.49. The summed E-state index contributed by atoms with van der Waals surface area (Å²) in [5.41, 5.74) is 3.91. The molecule has 0 radical (unpaired) electrons. The van der Waals surface area contributed by atoms with Crippen LogP contribution in [0.15, 0.2) is 18.2 Å². The largest absolute Gasteiger partial charge is 0.396 e. The molecule has 1 fully saturated rings. The Kier molecular flexibility index (Phi) is 6.67. The van der Waals surface area contributed by atoms with Crippen LogP contribution < -0.4 is 5.32 Å². The number of nitrogens with one attached hydrogen (secondary N) is 1. The van der Waals surface area contributed by atoms with Crippen LogP contribution in [-0.4, -0.2) is 42.8 Å². The Labute approximate surface area is 135 Å². The van der Waals surface area contributed by atoms with Gasteiger partial charge in [-0.3, -0.25) is 4.90 Å². The summed E-state index contributed by atoms with van der Waals surface area (Å²) < 4.78 is 0. The highest BCUT2D eigenvalue weighted by molar-refractivity contribution is 5.85. The third kappa shape index (κ3) is 3.98. The lowest BCUT2D eigenvalue weighted by molar-refractivity contribution is 0.0302.